The third-order valence-electron chi connectivity index (χ3n) is 4.58. The monoisotopic (exact) mass is 316 g/mol. The molecular weight excluding hydrogens is 296 g/mol. The fraction of sp³-hybridized carbons (Fsp3) is 0.471. The minimum atomic E-state index is 0.219. The number of aryl methyl sites for hydroxylation is 2. The zero-order chi connectivity index (χ0) is 14.9. The molecule has 4 nitrogen and oxygen atoms in total. The van der Waals surface area contributed by atoms with E-state index in [1.165, 1.54) is 16.9 Å². The molecule has 0 spiro atoms. The van der Waals surface area contributed by atoms with Crippen LogP contribution in [-0.2, 0) is 19.4 Å². The zero-order valence-corrected chi connectivity index (χ0v) is 13.4. The van der Waals surface area contributed by atoms with Crippen LogP contribution in [0.4, 0.5) is 0 Å². The summed E-state index contributed by atoms with van der Waals surface area (Å²) in [6, 6.07) is 6.06. The van der Waals surface area contributed by atoms with Gasteiger partial charge in [-0.1, -0.05) is 0 Å². The van der Waals surface area contributed by atoms with E-state index in [0.29, 0.717) is 0 Å². The van der Waals surface area contributed by atoms with Crippen LogP contribution in [-0.4, -0.2) is 41.9 Å². The molecule has 1 aliphatic heterocycles. The Bertz CT molecular complexity index is 633. The van der Waals surface area contributed by atoms with Gasteiger partial charge in [0.05, 0.1) is 17.7 Å². The topological polar surface area (TPSA) is 36.7 Å². The number of amides is 1. The Kier molecular flexibility index (Phi) is 3.76. The zero-order valence-electron chi connectivity index (χ0n) is 12.6. The van der Waals surface area contributed by atoms with Gasteiger partial charge in [0.1, 0.15) is 5.76 Å². The van der Waals surface area contributed by atoms with Crippen molar-refractivity contribution in [2.24, 2.45) is 0 Å². The maximum Gasteiger partial charge on any atom is 0.264 e. The number of fused-ring (bicyclic) bond motifs is 1. The normalized spacial score (nSPS) is 18.6. The summed E-state index contributed by atoms with van der Waals surface area (Å²) >= 11 is 1.71. The van der Waals surface area contributed by atoms with Crippen molar-refractivity contribution < 1.29 is 9.21 Å². The average molecular weight is 316 g/mol. The molecule has 4 rings (SSSR count). The predicted molar refractivity (Wildman–Crippen MR) is 86.2 cm³/mol. The molecule has 2 aromatic rings. The third kappa shape index (κ3) is 2.71. The highest BCUT2D eigenvalue weighted by Crippen LogP contribution is 2.31. The highest BCUT2D eigenvalue weighted by atomic mass is 32.1. The SMILES string of the molecule is O=C(c1cc2c(s1)CCC2)N1CCN(Cc2ccco2)CC1. The van der Waals surface area contributed by atoms with Crippen molar-refractivity contribution in [2.75, 3.05) is 26.2 Å². The average Bonchev–Trinajstić information content (AvgIpc) is 3.24. The molecule has 2 aliphatic rings. The van der Waals surface area contributed by atoms with Gasteiger partial charge in [0, 0.05) is 31.1 Å². The summed E-state index contributed by atoms with van der Waals surface area (Å²) in [5, 5.41) is 0. The van der Waals surface area contributed by atoms with Crippen LogP contribution in [0.25, 0.3) is 0 Å². The Balaban J connectivity index is 1.35. The molecule has 22 heavy (non-hydrogen) atoms. The van der Waals surface area contributed by atoms with Crippen molar-refractivity contribution in [2.45, 2.75) is 25.8 Å². The van der Waals surface area contributed by atoms with Gasteiger partial charge in [-0.05, 0) is 43.0 Å². The lowest BCUT2D eigenvalue weighted by Crippen LogP contribution is -2.48. The minimum Gasteiger partial charge on any atom is -0.468 e. The summed E-state index contributed by atoms with van der Waals surface area (Å²) in [6.45, 7) is 4.28. The lowest BCUT2D eigenvalue weighted by Gasteiger charge is -2.34. The number of furan rings is 1. The van der Waals surface area contributed by atoms with E-state index in [-0.39, 0.29) is 5.91 Å². The van der Waals surface area contributed by atoms with Gasteiger partial charge in [-0.2, -0.15) is 0 Å². The fourth-order valence-corrected chi connectivity index (χ4v) is 4.54. The molecule has 1 aliphatic carbocycles. The van der Waals surface area contributed by atoms with E-state index in [4.69, 9.17) is 4.42 Å². The van der Waals surface area contributed by atoms with E-state index in [1.807, 2.05) is 17.0 Å². The molecule has 3 heterocycles. The van der Waals surface area contributed by atoms with Crippen molar-refractivity contribution in [3.05, 3.63) is 45.5 Å². The Morgan fingerprint density at radius 3 is 2.82 bits per heavy atom. The van der Waals surface area contributed by atoms with Crippen LogP contribution >= 0.6 is 11.3 Å². The molecule has 0 atom stereocenters. The minimum absolute atomic E-state index is 0.219. The van der Waals surface area contributed by atoms with Crippen LogP contribution in [0.15, 0.2) is 28.9 Å². The van der Waals surface area contributed by atoms with Crippen molar-refractivity contribution in [1.82, 2.24) is 9.80 Å². The second-order valence-electron chi connectivity index (χ2n) is 6.06. The largest absolute Gasteiger partial charge is 0.468 e. The standard InChI is InChI=1S/C17H20N2O2S/c20-17(16-11-13-3-1-5-15(13)22-16)19-8-6-18(7-9-19)12-14-4-2-10-21-14/h2,4,10-11H,1,3,5-9,12H2. The first-order valence-electron chi connectivity index (χ1n) is 7.95. The second kappa shape index (κ2) is 5.89. The Morgan fingerprint density at radius 2 is 2.09 bits per heavy atom. The second-order valence-corrected chi connectivity index (χ2v) is 7.20. The van der Waals surface area contributed by atoms with Gasteiger partial charge < -0.3 is 9.32 Å². The number of carbonyl (C=O) groups excluding carboxylic acids is 1. The molecule has 116 valence electrons. The maximum atomic E-state index is 12.6. The molecule has 1 fully saturated rings. The molecule has 0 bridgehead atoms. The van der Waals surface area contributed by atoms with Gasteiger partial charge in [-0.25, -0.2) is 0 Å². The number of thiophene rings is 1. The van der Waals surface area contributed by atoms with Crippen molar-refractivity contribution in [3.63, 3.8) is 0 Å². The lowest BCUT2D eigenvalue weighted by atomic mass is 10.2. The first kappa shape index (κ1) is 14.0. The number of carbonyl (C=O) groups is 1. The number of rotatable bonds is 3. The van der Waals surface area contributed by atoms with Crippen molar-refractivity contribution >= 4 is 17.2 Å². The first-order valence-corrected chi connectivity index (χ1v) is 8.77. The molecule has 0 unspecified atom stereocenters. The predicted octanol–water partition coefficient (Wildman–Crippen LogP) is 2.79. The Morgan fingerprint density at radius 1 is 1.23 bits per heavy atom. The third-order valence-corrected chi connectivity index (χ3v) is 5.80. The number of hydrogen-bond acceptors (Lipinski definition) is 4. The van der Waals surface area contributed by atoms with E-state index in [1.54, 1.807) is 17.6 Å². The van der Waals surface area contributed by atoms with Crippen LogP contribution in [0.2, 0.25) is 0 Å². The van der Waals surface area contributed by atoms with Crippen LogP contribution in [0, 0.1) is 0 Å². The molecule has 0 saturated carbocycles. The van der Waals surface area contributed by atoms with Gasteiger partial charge in [-0.15, -0.1) is 11.3 Å². The van der Waals surface area contributed by atoms with Crippen molar-refractivity contribution in [1.29, 1.82) is 0 Å². The van der Waals surface area contributed by atoms with Crippen LogP contribution < -0.4 is 0 Å². The summed E-state index contributed by atoms with van der Waals surface area (Å²) in [6.07, 6.45) is 5.27. The lowest BCUT2D eigenvalue weighted by molar-refractivity contribution is 0.0625. The molecule has 1 saturated heterocycles. The van der Waals surface area contributed by atoms with E-state index in [0.717, 1.165) is 56.2 Å². The van der Waals surface area contributed by atoms with Crippen LogP contribution in [0.5, 0.6) is 0 Å². The fourth-order valence-electron chi connectivity index (χ4n) is 3.32. The smallest absolute Gasteiger partial charge is 0.264 e. The summed E-state index contributed by atoms with van der Waals surface area (Å²) < 4.78 is 5.39. The molecule has 0 N–H and O–H groups in total. The van der Waals surface area contributed by atoms with Gasteiger partial charge in [0.15, 0.2) is 0 Å². The molecule has 5 heteroatoms. The molecule has 0 aromatic carbocycles. The van der Waals surface area contributed by atoms with E-state index in [2.05, 4.69) is 11.0 Å². The van der Waals surface area contributed by atoms with Gasteiger partial charge in [-0.3, -0.25) is 9.69 Å². The summed E-state index contributed by atoms with van der Waals surface area (Å²) in [5.74, 6) is 1.21. The molecule has 0 radical (unpaired) electrons. The van der Waals surface area contributed by atoms with E-state index >= 15 is 0 Å². The Hall–Kier alpha value is -1.59. The first-order chi connectivity index (χ1) is 10.8. The summed E-state index contributed by atoms with van der Waals surface area (Å²) in [7, 11) is 0. The van der Waals surface area contributed by atoms with Crippen molar-refractivity contribution in [3.8, 4) is 0 Å². The summed E-state index contributed by atoms with van der Waals surface area (Å²) in [5.41, 5.74) is 1.41. The number of hydrogen-bond donors (Lipinski definition) is 0. The number of nitrogens with zero attached hydrogens (tertiary/aromatic N) is 2. The van der Waals surface area contributed by atoms with E-state index < -0.39 is 0 Å². The molecule has 1 amide bonds. The maximum absolute atomic E-state index is 12.6. The molecular formula is C17H20N2O2S. The van der Waals surface area contributed by atoms with Gasteiger partial charge in [0.2, 0.25) is 0 Å². The highest BCUT2D eigenvalue weighted by molar-refractivity contribution is 7.14. The van der Waals surface area contributed by atoms with Crippen LogP contribution in [0.1, 0.15) is 32.3 Å². The van der Waals surface area contributed by atoms with Crippen LogP contribution in [0.3, 0.4) is 0 Å². The van der Waals surface area contributed by atoms with Gasteiger partial charge in [0.25, 0.3) is 5.91 Å². The number of piperazine rings is 1. The Labute approximate surface area is 134 Å². The molecule has 2 aromatic heterocycles. The van der Waals surface area contributed by atoms with Gasteiger partial charge >= 0.3 is 0 Å². The summed E-state index contributed by atoms with van der Waals surface area (Å²) in [4.78, 5) is 19.3. The van der Waals surface area contributed by atoms with E-state index in [9.17, 15) is 4.79 Å². The highest BCUT2D eigenvalue weighted by Gasteiger charge is 2.25. The quantitative estimate of drug-likeness (QED) is 0.874.